The summed E-state index contributed by atoms with van der Waals surface area (Å²) in [7, 11) is 0. The lowest BCUT2D eigenvalue weighted by atomic mass is 9.92. The fourth-order valence-electron chi connectivity index (χ4n) is 4.28. The van der Waals surface area contributed by atoms with E-state index < -0.39 is 0 Å². The quantitative estimate of drug-likeness (QED) is 0.332. The van der Waals surface area contributed by atoms with Gasteiger partial charge in [0.05, 0.1) is 11.7 Å². The summed E-state index contributed by atoms with van der Waals surface area (Å²) in [4.78, 5) is 38.3. The highest BCUT2D eigenvalue weighted by atomic mass is 32.2. The van der Waals surface area contributed by atoms with Crippen LogP contribution in [-0.4, -0.2) is 52.9 Å². The summed E-state index contributed by atoms with van der Waals surface area (Å²) in [6.45, 7) is 13.0. The van der Waals surface area contributed by atoms with Crippen molar-refractivity contribution in [1.29, 1.82) is 0 Å². The van der Waals surface area contributed by atoms with Crippen LogP contribution in [0, 0.1) is 0 Å². The number of piperazine rings is 1. The number of aromatic nitrogens is 2. The van der Waals surface area contributed by atoms with Crippen LogP contribution in [0.1, 0.15) is 67.8 Å². The van der Waals surface area contributed by atoms with E-state index in [0.29, 0.717) is 24.4 Å². The number of anilines is 1. The summed E-state index contributed by atoms with van der Waals surface area (Å²) in [5.41, 5.74) is 3.70. The largest absolute Gasteiger partial charge is 0.353 e. The van der Waals surface area contributed by atoms with E-state index in [2.05, 4.69) is 37.1 Å². The Morgan fingerprint density at radius 2 is 1.63 bits per heavy atom. The molecule has 0 saturated carbocycles. The maximum Gasteiger partial charge on any atom is 0.251 e. The SMILES string of the molecule is CC(=O)N1CCN(c2cc(C(C)(C)C)nc(SCc3ccc(C(=O)N[C@@H](C)c4ccccc4)cc3)n2)CC1. The molecule has 200 valence electrons. The lowest BCUT2D eigenvalue weighted by Gasteiger charge is -2.35. The fraction of sp³-hybridized carbons (Fsp3) is 0.400. The summed E-state index contributed by atoms with van der Waals surface area (Å²) in [5.74, 6) is 1.65. The van der Waals surface area contributed by atoms with Gasteiger partial charge in [-0.2, -0.15) is 0 Å². The molecule has 2 amide bonds. The van der Waals surface area contributed by atoms with Gasteiger partial charge in [-0.15, -0.1) is 0 Å². The smallest absolute Gasteiger partial charge is 0.251 e. The molecular weight excluding hydrogens is 494 g/mol. The van der Waals surface area contributed by atoms with Crippen LogP contribution in [0.5, 0.6) is 0 Å². The zero-order valence-electron chi connectivity index (χ0n) is 22.9. The van der Waals surface area contributed by atoms with Crippen molar-refractivity contribution in [3.63, 3.8) is 0 Å². The van der Waals surface area contributed by atoms with Crippen molar-refractivity contribution >= 4 is 29.4 Å². The standard InChI is InChI=1S/C30H37N5O2S/c1-21(24-9-7-6-8-10-24)31-28(37)25-13-11-23(12-14-25)20-38-29-32-26(30(3,4)5)19-27(33-29)35-17-15-34(16-18-35)22(2)36/h6-14,19,21H,15-18,20H2,1-5H3,(H,31,37)/t21-/m0/s1. The molecule has 8 heteroatoms. The Labute approximate surface area is 230 Å². The Hall–Kier alpha value is -3.39. The molecule has 2 aromatic carbocycles. The van der Waals surface area contributed by atoms with E-state index in [0.717, 1.165) is 40.9 Å². The molecule has 1 atom stereocenters. The normalized spacial score (nSPS) is 14.8. The molecule has 2 heterocycles. The maximum absolute atomic E-state index is 12.7. The molecule has 4 rings (SSSR count). The molecule has 1 aliphatic rings. The predicted octanol–water partition coefficient (Wildman–Crippen LogP) is 5.23. The first-order chi connectivity index (χ1) is 18.1. The molecule has 1 aliphatic heterocycles. The third-order valence-corrected chi connectivity index (χ3v) is 7.66. The van der Waals surface area contributed by atoms with Crippen molar-refractivity contribution in [3.8, 4) is 0 Å². The van der Waals surface area contributed by atoms with Gasteiger partial charge in [0.15, 0.2) is 5.16 Å². The van der Waals surface area contributed by atoms with Gasteiger partial charge >= 0.3 is 0 Å². The van der Waals surface area contributed by atoms with Crippen LogP contribution in [0.15, 0.2) is 65.8 Å². The number of carbonyl (C=O) groups is 2. The molecule has 7 nitrogen and oxygen atoms in total. The van der Waals surface area contributed by atoms with Crippen LogP contribution < -0.4 is 10.2 Å². The van der Waals surface area contributed by atoms with E-state index in [4.69, 9.17) is 9.97 Å². The molecule has 1 fully saturated rings. The van der Waals surface area contributed by atoms with Crippen LogP contribution in [0.25, 0.3) is 0 Å². The first kappa shape index (κ1) is 27.6. The van der Waals surface area contributed by atoms with E-state index in [-0.39, 0.29) is 23.3 Å². The molecular formula is C30H37N5O2S. The first-order valence-corrected chi connectivity index (χ1v) is 14.1. The Bertz CT molecular complexity index is 1250. The van der Waals surface area contributed by atoms with E-state index in [1.165, 1.54) is 0 Å². The Morgan fingerprint density at radius 3 is 2.24 bits per heavy atom. The molecule has 1 aromatic heterocycles. The topological polar surface area (TPSA) is 78.4 Å². The predicted molar refractivity (Wildman–Crippen MR) is 154 cm³/mol. The van der Waals surface area contributed by atoms with Crippen LogP contribution in [0.4, 0.5) is 5.82 Å². The summed E-state index contributed by atoms with van der Waals surface area (Å²) < 4.78 is 0. The number of benzene rings is 2. The van der Waals surface area contributed by atoms with Crippen molar-refractivity contribution in [1.82, 2.24) is 20.2 Å². The highest BCUT2D eigenvalue weighted by Gasteiger charge is 2.24. The Balaban J connectivity index is 1.41. The van der Waals surface area contributed by atoms with Crippen molar-refractivity contribution in [2.75, 3.05) is 31.1 Å². The average molecular weight is 532 g/mol. The summed E-state index contributed by atoms with van der Waals surface area (Å²) in [5, 5.41) is 3.80. The van der Waals surface area contributed by atoms with Crippen molar-refractivity contribution in [2.45, 2.75) is 57.0 Å². The van der Waals surface area contributed by atoms with Crippen LogP contribution in [0.2, 0.25) is 0 Å². The minimum atomic E-state index is -0.111. The van der Waals surface area contributed by atoms with Gasteiger partial charge in [0.25, 0.3) is 5.91 Å². The molecule has 1 N–H and O–H groups in total. The number of rotatable bonds is 7. The lowest BCUT2D eigenvalue weighted by molar-refractivity contribution is -0.129. The number of thioether (sulfide) groups is 1. The number of hydrogen-bond acceptors (Lipinski definition) is 6. The van der Waals surface area contributed by atoms with Crippen LogP contribution in [0.3, 0.4) is 0 Å². The second-order valence-corrected chi connectivity index (χ2v) is 11.7. The molecule has 0 bridgehead atoms. The van der Waals surface area contributed by atoms with E-state index in [9.17, 15) is 9.59 Å². The van der Waals surface area contributed by atoms with Crippen LogP contribution in [-0.2, 0) is 16.0 Å². The maximum atomic E-state index is 12.7. The van der Waals surface area contributed by atoms with Crippen LogP contribution >= 0.6 is 11.8 Å². The molecule has 0 radical (unpaired) electrons. The van der Waals surface area contributed by atoms with Crippen molar-refractivity contribution in [2.24, 2.45) is 0 Å². The second kappa shape index (κ2) is 12.0. The van der Waals surface area contributed by atoms with Crippen molar-refractivity contribution < 1.29 is 9.59 Å². The van der Waals surface area contributed by atoms with E-state index in [1.54, 1.807) is 18.7 Å². The minimum absolute atomic E-state index is 0.0641. The number of nitrogens with one attached hydrogen (secondary N) is 1. The van der Waals surface area contributed by atoms with Gasteiger partial charge in [-0.05, 0) is 30.2 Å². The third kappa shape index (κ3) is 7.13. The molecule has 0 aliphatic carbocycles. The molecule has 0 spiro atoms. The molecule has 1 saturated heterocycles. The first-order valence-electron chi connectivity index (χ1n) is 13.1. The number of carbonyl (C=O) groups excluding carboxylic acids is 2. The minimum Gasteiger partial charge on any atom is -0.353 e. The van der Waals surface area contributed by atoms with Gasteiger partial charge in [0.1, 0.15) is 5.82 Å². The Morgan fingerprint density at radius 1 is 0.974 bits per heavy atom. The van der Waals surface area contributed by atoms with Gasteiger partial charge in [0.2, 0.25) is 5.91 Å². The van der Waals surface area contributed by atoms with Gasteiger partial charge in [-0.25, -0.2) is 9.97 Å². The Kier molecular flexibility index (Phi) is 8.72. The van der Waals surface area contributed by atoms with Gasteiger partial charge in [0, 0.05) is 55.9 Å². The van der Waals surface area contributed by atoms with Gasteiger partial charge in [-0.3, -0.25) is 9.59 Å². The summed E-state index contributed by atoms with van der Waals surface area (Å²) in [6.07, 6.45) is 0. The zero-order valence-corrected chi connectivity index (χ0v) is 23.7. The third-order valence-electron chi connectivity index (χ3n) is 6.74. The highest BCUT2D eigenvalue weighted by Crippen LogP contribution is 2.29. The van der Waals surface area contributed by atoms with Crippen molar-refractivity contribution in [3.05, 3.63) is 83.0 Å². The monoisotopic (exact) mass is 531 g/mol. The van der Waals surface area contributed by atoms with Gasteiger partial charge < -0.3 is 15.1 Å². The number of hydrogen-bond donors (Lipinski definition) is 1. The van der Waals surface area contributed by atoms with E-state index in [1.807, 2.05) is 66.4 Å². The molecule has 0 unspecified atom stereocenters. The zero-order chi connectivity index (χ0) is 27.3. The molecule has 3 aromatic rings. The lowest BCUT2D eigenvalue weighted by Crippen LogP contribution is -2.48. The summed E-state index contributed by atoms with van der Waals surface area (Å²) in [6, 6.07) is 19.7. The van der Waals surface area contributed by atoms with Gasteiger partial charge in [-0.1, -0.05) is 75.0 Å². The average Bonchev–Trinajstić information content (AvgIpc) is 2.92. The fourth-order valence-corrected chi connectivity index (χ4v) is 5.09. The number of nitrogens with zero attached hydrogens (tertiary/aromatic N) is 4. The van der Waals surface area contributed by atoms with E-state index >= 15 is 0 Å². The number of amides is 2. The molecule has 38 heavy (non-hydrogen) atoms. The highest BCUT2D eigenvalue weighted by molar-refractivity contribution is 7.98. The summed E-state index contributed by atoms with van der Waals surface area (Å²) >= 11 is 1.60. The second-order valence-electron chi connectivity index (χ2n) is 10.7.